The number of rotatable bonds is 6. The topological polar surface area (TPSA) is 61.6 Å². The van der Waals surface area contributed by atoms with Gasteiger partial charge in [-0.3, -0.25) is 10.1 Å². The Morgan fingerprint density at radius 3 is 2.71 bits per heavy atom. The third kappa shape index (κ3) is 3.95. The fourth-order valence-corrected chi connectivity index (χ4v) is 2.22. The maximum atomic E-state index is 10.8. The average molecular weight is 352 g/mol. The van der Waals surface area contributed by atoms with E-state index >= 15 is 0 Å². The zero-order valence-corrected chi connectivity index (χ0v) is 13.0. The summed E-state index contributed by atoms with van der Waals surface area (Å²) < 4.78 is 10.9. The van der Waals surface area contributed by atoms with E-state index in [0.717, 1.165) is 10.9 Å². The van der Waals surface area contributed by atoms with Crippen molar-refractivity contribution in [2.24, 2.45) is 0 Å². The van der Waals surface area contributed by atoms with Gasteiger partial charge in [-0.15, -0.1) is 0 Å². The highest BCUT2D eigenvalue weighted by Gasteiger charge is 2.12. The summed E-state index contributed by atoms with van der Waals surface area (Å²) in [4.78, 5) is 10.4. The lowest BCUT2D eigenvalue weighted by molar-refractivity contribution is -0.385. The number of ether oxygens (including phenoxy) is 2. The Labute approximate surface area is 130 Å². The Kier molecular flexibility index (Phi) is 5.16. The number of non-ortho nitro benzene ring substituents is 1. The van der Waals surface area contributed by atoms with Crippen molar-refractivity contribution in [3.05, 3.63) is 63.7 Å². The smallest absolute Gasteiger partial charge is 0.270 e. The lowest BCUT2D eigenvalue weighted by Gasteiger charge is -2.10. The number of alkyl halides is 1. The van der Waals surface area contributed by atoms with Crippen LogP contribution in [0, 0.1) is 10.1 Å². The molecule has 5 nitrogen and oxygen atoms in total. The molecule has 0 aliphatic carbocycles. The van der Waals surface area contributed by atoms with Gasteiger partial charge in [-0.25, -0.2) is 0 Å². The van der Waals surface area contributed by atoms with Gasteiger partial charge in [-0.2, -0.15) is 0 Å². The number of methoxy groups -OCH3 is 1. The van der Waals surface area contributed by atoms with Crippen LogP contribution >= 0.6 is 15.9 Å². The number of nitro groups is 1. The number of benzene rings is 2. The first-order chi connectivity index (χ1) is 10.1. The Hall–Kier alpha value is -2.08. The maximum absolute atomic E-state index is 10.8. The number of nitrogens with zero attached hydrogens (tertiary/aromatic N) is 1. The van der Waals surface area contributed by atoms with Crippen molar-refractivity contribution in [1.29, 1.82) is 0 Å². The summed E-state index contributed by atoms with van der Waals surface area (Å²) in [5.74, 6) is 1.28. The summed E-state index contributed by atoms with van der Waals surface area (Å²) in [5, 5.41) is 11.6. The molecule has 0 aromatic heterocycles. The number of nitro benzene ring substituents is 1. The van der Waals surface area contributed by atoms with Gasteiger partial charge in [-0.1, -0.05) is 28.1 Å². The average Bonchev–Trinajstić information content (AvgIpc) is 2.52. The zero-order chi connectivity index (χ0) is 15.2. The van der Waals surface area contributed by atoms with Gasteiger partial charge in [0, 0.05) is 23.0 Å². The monoisotopic (exact) mass is 351 g/mol. The molecule has 21 heavy (non-hydrogen) atoms. The van der Waals surface area contributed by atoms with Crippen molar-refractivity contribution < 1.29 is 14.4 Å². The highest BCUT2D eigenvalue weighted by molar-refractivity contribution is 9.08. The van der Waals surface area contributed by atoms with Crippen LogP contribution in [0.1, 0.15) is 11.1 Å². The third-order valence-electron chi connectivity index (χ3n) is 2.92. The summed E-state index contributed by atoms with van der Waals surface area (Å²) in [5.41, 5.74) is 1.75. The molecule has 2 aromatic rings. The van der Waals surface area contributed by atoms with Gasteiger partial charge >= 0.3 is 0 Å². The molecule has 0 saturated carbocycles. The summed E-state index contributed by atoms with van der Waals surface area (Å²) in [7, 11) is 1.52. The number of hydrogen-bond acceptors (Lipinski definition) is 4. The van der Waals surface area contributed by atoms with E-state index in [9.17, 15) is 10.1 Å². The van der Waals surface area contributed by atoms with Crippen LogP contribution in [-0.4, -0.2) is 12.0 Å². The molecule has 0 atom stereocenters. The van der Waals surface area contributed by atoms with Crippen molar-refractivity contribution in [2.75, 3.05) is 7.11 Å². The summed E-state index contributed by atoms with van der Waals surface area (Å²) >= 11 is 3.39. The molecule has 0 aliphatic rings. The van der Waals surface area contributed by atoms with Crippen molar-refractivity contribution in [2.45, 2.75) is 11.9 Å². The van der Waals surface area contributed by atoms with E-state index in [2.05, 4.69) is 15.9 Å². The van der Waals surface area contributed by atoms with E-state index in [1.807, 2.05) is 24.3 Å². The van der Waals surface area contributed by atoms with Gasteiger partial charge in [0.05, 0.1) is 12.0 Å². The molecule has 2 rings (SSSR count). The molecule has 0 fully saturated rings. The minimum Gasteiger partial charge on any atom is -0.496 e. The van der Waals surface area contributed by atoms with Crippen LogP contribution in [-0.2, 0) is 11.9 Å². The molecule has 0 N–H and O–H groups in total. The van der Waals surface area contributed by atoms with Crippen LogP contribution in [0.4, 0.5) is 5.69 Å². The van der Waals surface area contributed by atoms with Gasteiger partial charge in [0.15, 0.2) is 0 Å². The third-order valence-corrected chi connectivity index (χ3v) is 3.57. The Balaban J connectivity index is 2.17. The van der Waals surface area contributed by atoms with Crippen molar-refractivity contribution in [3.63, 3.8) is 0 Å². The van der Waals surface area contributed by atoms with Crippen LogP contribution in [0.3, 0.4) is 0 Å². The second-order valence-electron chi connectivity index (χ2n) is 4.32. The number of halogens is 1. The molecule has 0 radical (unpaired) electrons. The van der Waals surface area contributed by atoms with E-state index in [1.54, 1.807) is 6.07 Å². The molecular weight excluding hydrogens is 338 g/mol. The normalized spacial score (nSPS) is 10.2. The van der Waals surface area contributed by atoms with Gasteiger partial charge in [-0.05, 0) is 23.8 Å². The number of hydrogen-bond donors (Lipinski definition) is 0. The maximum Gasteiger partial charge on any atom is 0.270 e. The molecule has 0 aliphatic heterocycles. The van der Waals surface area contributed by atoms with E-state index in [4.69, 9.17) is 9.47 Å². The van der Waals surface area contributed by atoms with E-state index in [-0.39, 0.29) is 12.3 Å². The molecule has 0 heterocycles. The van der Waals surface area contributed by atoms with Crippen LogP contribution in [0.15, 0.2) is 42.5 Å². The SMILES string of the molecule is COc1ccc([N+](=O)[O-])cc1COc1cccc(CBr)c1. The van der Waals surface area contributed by atoms with Crippen molar-refractivity contribution >= 4 is 21.6 Å². The molecule has 0 saturated heterocycles. The molecular formula is C15H14BrNO4. The Morgan fingerprint density at radius 2 is 2.05 bits per heavy atom. The van der Waals surface area contributed by atoms with Gasteiger partial charge in [0.1, 0.15) is 18.1 Å². The zero-order valence-electron chi connectivity index (χ0n) is 11.4. The second-order valence-corrected chi connectivity index (χ2v) is 4.88. The summed E-state index contributed by atoms with van der Waals surface area (Å²) in [6.45, 7) is 0.205. The predicted molar refractivity (Wildman–Crippen MR) is 83.1 cm³/mol. The van der Waals surface area contributed by atoms with Crippen molar-refractivity contribution in [3.8, 4) is 11.5 Å². The van der Waals surface area contributed by atoms with E-state index < -0.39 is 4.92 Å². The molecule has 6 heteroatoms. The van der Waals surface area contributed by atoms with Crippen LogP contribution in [0.2, 0.25) is 0 Å². The highest BCUT2D eigenvalue weighted by atomic mass is 79.9. The first-order valence-electron chi connectivity index (χ1n) is 6.23. The fraction of sp³-hybridized carbons (Fsp3) is 0.200. The standard InChI is InChI=1S/C15H14BrNO4/c1-20-15-6-5-13(17(18)19)8-12(15)10-21-14-4-2-3-11(7-14)9-16/h2-8H,9-10H2,1H3. The molecule has 2 aromatic carbocycles. The molecule has 0 bridgehead atoms. The fourth-order valence-electron chi connectivity index (χ4n) is 1.87. The Bertz CT molecular complexity index is 645. The quantitative estimate of drug-likeness (QED) is 0.447. The summed E-state index contributed by atoms with van der Waals surface area (Å²) in [6, 6.07) is 12.1. The second kappa shape index (κ2) is 7.08. The van der Waals surface area contributed by atoms with Gasteiger partial charge in [0.25, 0.3) is 5.69 Å². The van der Waals surface area contributed by atoms with Gasteiger partial charge < -0.3 is 9.47 Å². The minimum atomic E-state index is -0.436. The Morgan fingerprint density at radius 1 is 1.24 bits per heavy atom. The molecule has 0 spiro atoms. The molecule has 110 valence electrons. The van der Waals surface area contributed by atoms with Crippen molar-refractivity contribution in [1.82, 2.24) is 0 Å². The van der Waals surface area contributed by atoms with Crippen LogP contribution < -0.4 is 9.47 Å². The predicted octanol–water partition coefficient (Wildman–Crippen LogP) is 4.08. The largest absolute Gasteiger partial charge is 0.496 e. The molecule has 0 amide bonds. The highest BCUT2D eigenvalue weighted by Crippen LogP contribution is 2.26. The van der Waals surface area contributed by atoms with Crippen LogP contribution in [0.25, 0.3) is 0 Å². The lowest BCUT2D eigenvalue weighted by Crippen LogP contribution is -2.00. The van der Waals surface area contributed by atoms with Crippen LogP contribution in [0.5, 0.6) is 11.5 Å². The van der Waals surface area contributed by atoms with E-state index in [0.29, 0.717) is 17.1 Å². The van der Waals surface area contributed by atoms with Gasteiger partial charge in [0.2, 0.25) is 0 Å². The summed E-state index contributed by atoms with van der Waals surface area (Å²) in [6.07, 6.45) is 0. The first kappa shape index (κ1) is 15.3. The van der Waals surface area contributed by atoms with E-state index in [1.165, 1.54) is 19.2 Å². The first-order valence-corrected chi connectivity index (χ1v) is 7.35. The molecule has 0 unspecified atom stereocenters. The lowest BCUT2D eigenvalue weighted by atomic mass is 10.2. The minimum absolute atomic E-state index is 0.0172.